The molecule has 0 aliphatic heterocycles. The second-order valence-corrected chi connectivity index (χ2v) is 5.09. The Morgan fingerprint density at radius 2 is 2.00 bits per heavy atom. The van der Waals surface area contributed by atoms with Crippen molar-refractivity contribution in [1.82, 2.24) is 4.98 Å². The van der Waals surface area contributed by atoms with Gasteiger partial charge in [-0.2, -0.15) is 0 Å². The van der Waals surface area contributed by atoms with E-state index in [2.05, 4.69) is 10.3 Å². The van der Waals surface area contributed by atoms with Gasteiger partial charge in [-0.15, -0.1) is 0 Å². The number of benzene rings is 1. The van der Waals surface area contributed by atoms with E-state index in [-0.39, 0.29) is 11.8 Å². The third-order valence-electron chi connectivity index (χ3n) is 3.12. The Bertz CT molecular complexity index is 607. The van der Waals surface area contributed by atoms with Crippen LogP contribution in [-0.4, -0.2) is 16.9 Å². The minimum absolute atomic E-state index is 0.106. The van der Waals surface area contributed by atoms with Crippen LogP contribution in [0.15, 0.2) is 30.3 Å². The number of nitrogens with zero attached hydrogens (tertiary/aromatic N) is 1. The molecule has 1 atom stereocenters. The molecule has 19 heavy (non-hydrogen) atoms. The summed E-state index contributed by atoms with van der Waals surface area (Å²) >= 11 is 0. The van der Waals surface area contributed by atoms with Crippen molar-refractivity contribution in [1.29, 1.82) is 0 Å². The van der Waals surface area contributed by atoms with Crippen molar-refractivity contribution in [2.45, 2.75) is 26.8 Å². The Morgan fingerprint density at radius 1 is 1.32 bits per heavy atom. The number of pyridine rings is 1. The first-order chi connectivity index (χ1) is 8.99. The van der Waals surface area contributed by atoms with Crippen LogP contribution in [0.3, 0.4) is 0 Å². The maximum atomic E-state index is 12.1. The van der Waals surface area contributed by atoms with Gasteiger partial charge in [-0.3, -0.25) is 9.78 Å². The van der Waals surface area contributed by atoms with E-state index in [1.54, 1.807) is 0 Å². The zero-order valence-corrected chi connectivity index (χ0v) is 11.5. The molecule has 1 aromatic carbocycles. The van der Waals surface area contributed by atoms with Gasteiger partial charge in [0.05, 0.1) is 17.2 Å². The highest BCUT2D eigenvalue weighted by atomic mass is 16.2. The van der Waals surface area contributed by atoms with Crippen LogP contribution in [0.1, 0.15) is 19.5 Å². The predicted octanol–water partition coefficient (Wildman–Crippen LogP) is 2.47. The molecule has 1 amide bonds. The lowest BCUT2D eigenvalue weighted by atomic mass is 10.0. The van der Waals surface area contributed by atoms with Gasteiger partial charge >= 0.3 is 0 Å². The predicted molar refractivity (Wildman–Crippen MR) is 77.9 cm³/mol. The van der Waals surface area contributed by atoms with Gasteiger partial charge in [0.1, 0.15) is 0 Å². The number of carbonyl (C=O) groups excluding carboxylic acids is 1. The molecule has 0 aliphatic carbocycles. The number of hydrogen-bond donors (Lipinski definition) is 2. The van der Waals surface area contributed by atoms with Crippen LogP contribution in [0.4, 0.5) is 5.69 Å². The molecule has 0 aliphatic rings. The summed E-state index contributed by atoms with van der Waals surface area (Å²) in [4.78, 5) is 16.5. The molecule has 4 heteroatoms. The topological polar surface area (TPSA) is 68.0 Å². The monoisotopic (exact) mass is 257 g/mol. The minimum Gasteiger partial charge on any atom is -0.324 e. The molecule has 3 N–H and O–H groups in total. The molecule has 0 saturated heterocycles. The van der Waals surface area contributed by atoms with Crippen LogP contribution in [-0.2, 0) is 4.79 Å². The van der Waals surface area contributed by atoms with Gasteiger partial charge in [-0.25, -0.2) is 0 Å². The quantitative estimate of drug-likeness (QED) is 0.887. The maximum absolute atomic E-state index is 12.1. The van der Waals surface area contributed by atoms with Crippen molar-refractivity contribution < 1.29 is 4.79 Å². The number of carbonyl (C=O) groups is 1. The molecule has 0 spiro atoms. The van der Waals surface area contributed by atoms with Crippen LogP contribution in [0.2, 0.25) is 0 Å². The molecule has 0 radical (unpaired) electrons. The van der Waals surface area contributed by atoms with Crippen LogP contribution in [0.5, 0.6) is 0 Å². The van der Waals surface area contributed by atoms with Crippen molar-refractivity contribution in [3.8, 4) is 0 Å². The van der Waals surface area contributed by atoms with E-state index >= 15 is 0 Å². The fraction of sp³-hybridized carbons (Fsp3) is 0.333. The Labute approximate surface area is 113 Å². The summed E-state index contributed by atoms with van der Waals surface area (Å²) in [6, 6.07) is 9.09. The highest BCUT2D eigenvalue weighted by Crippen LogP contribution is 2.23. The molecule has 2 aromatic rings. The van der Waals surface area contributed by atoms with Crippen LogP contribution < -0.4 is 11.1 Å². The van der Waals surface area contributed by atoms with E-state index < -0.39 is 6.04 Å². The molecular formula is C15H19N3O. The molecule has 4 nitrogen and oxygen atoms in total. The second kappa shape index (κ2) is 5.36. The molecule has 0 fully saturated rings. The highest BCUT2D eigenvalue weighted by Gasteiger charge is 2.18. The molecule has 1 aromatic heterocycles. The summed E-state index contributed by atoms with van der Waals surface area (Å²) in [6.45, 7) is 5.77. The Morgan fingerprint density at radius 3 is 2.68 bits per heavy atom. The zero-order chi connectivity index (χ0) is 14.0. The summed E-state index contributed by atoms with van der Waals surface area (Å²) < 4.78 is 0. The average Bonchev–Trinajstić information content (AvgIpc) is 2.37. The lowest BCUT2D eigenvalue weighted by Crippen LogP contribution is -2.39. The third kappa shape index (κ3) is 2.90. The lowest BCUT2D eigenvalue weighted by molar-refractivity contribution is -0.118. The second-order valence-electron chi connectivity index (χ2n) is 5.09. The normalized spacial score (nSPS) is 12.7. The smallest absolute Gasteiger partial charge is 0.241 e. The van der Waals surface area contributed by atoms with E-state index in [4.69, 9.17) is 5.73 Å². The maximum Gasteiger partial charge on any atom is 0.241 e. The fourth-order valence-corrected chi connectivity index (χ4v) is 1.93. The summed E-state index contributed by atoms with van der Waals surface area (Å²) in [6.07, 6.45) is 0. The number of amides is 1. The number of aromatic nitrogens is 1. The number of aryl methyl sites for hydroxylation is 1. The van der Waals surface area contributed by atoms with Crippen molar-refractivity contribution in [3.05, 3.63) is 36.0 Å². The van der Waals surface area contributed by atoms with Crippen LogP contribution in [0, 0.1) is 12.8 Å². The fourth-order valence-electron chi connectivity index (χ4n) is 1.93. The van der Waals surface area contributed by atoms with E-state index in [0.29, 0.717) is 0 Å². The van der Waals surface area contributed by atoms with E-state index in [1.807, 2.05) is 51.1 Å². The molecule has 100 valence electrons. The van der Waals surface area contributed by atoms with Crippen molar-refractivity contribution in [3.63, 3.8) is 0 Å². The number of rotatable bonds is 3. The summed E-state index contributed by atoms with van der Waals surface area (Å²) in [5.41, 5.74) is 8.37. The number of anilines is 1. The molecule has 0 saturated carbocycles. The Balaban J connectivity index is 2.37. The first-order valence-corrected chi connectivity index (χ1v) is 6.42. The van der Waals surface area contributed by atoms with Gasteiger partial charge in [0.25, 0.3) is 0 Å². The number of hydrogen-bond acceptors (Lipinski definition) is 3. The Kier molecular flexibility index (Phi) is 3.81. The number of nitrogens with one attached hydrogen (secondary N) is 1. The average molecular weight is 257 g/mol. The summed E-state index contributed by atoms with van der Waals surface area (Å²) in [5, 5.41) is 3.83. The summed E-state index contributed by atoms with van der Waals surface area (Å²) in [7, 11) is 0. The van der Waals surface area contributed by atoms with Crippen molar-refractivity contribution in [2.75, 3.05) is 5.32 Å². The molecule has 2 rings (SSSR count). The van der Waals surface area contributed by atoms with Crippen LogP contribution >= 0.6 is 0 Å². The minimum atomic E-state index is -0.507. The van der Waals surface area contributed by atoms with Crippen molar-refractivity contribution >= 4 is 22.5 Å². The molecular weight excluding hydrogens is 238 g/mol. The van der Waals surface area contributed by atoms with Crippen LogP contribution in [0.25, 0.3) is 10.9 Å². The van der Waals surface area contributed by atoms with Gasteiger partial charge < -0.3 is 11.1 Å². The molecule has 1 heterocycles. The first kappa shape index (κ1) is 13.5. The van der Waals surface area contributed by atoms with Gasteiger partial charge in [-0.1, -0.05) is 32.0 Å². The standard InChI is InChI=1S/C15H19N3O/c1-9(2)14(16)15(19)18-13-8-10(3)17-12-7-5-4-6-11(12)13/h4-9,14H,16H2,1-3H3,(H,17,18,19)/t14-/m0/s1. The third-order valence-corrected chi connectivity index (χ3v) is 3.12. The number of nitrogens with two attached hydrogens (primary N) is 1. The van der Waals surface area contributed by atoms with E-state index in [9.17, 15) is 4.79 Å². The van der Waals surface area contributed by atoms with E-state index in [0.717, 1.165) is 22.3 Å². The lowest BCUT2D eigenvalue weighted by Gasteiger charge is -2.16. The number of fused-ring (bicyclic) bond motifs is 1. The van der Waals surface area contributed by atoms with Gasteiger partial charge in [0, 0.05) is 11.1 Å². The molecule has 0 bridgehead atoms. The van der Waals surface area contributed by atoms with Gasteiger partial charge in [-0.05, 0) is 25.0 Å². The molecule has 0 unspecified atom stereocenters. The Hall–Kier alpha value is -1.94. The largest absolute Gasteiger partial charge is 0.324 e. The van der Waals surface area contributed by atoms with Gasteiger partial charge in [0.2, 0.25) is 5.91 Å². The highest BCUT2D eigenvalue weighted by molar-refractivity contribution is 6.02. The first-order valence-electron chi connectivity index (χ1n) is 6.42. The number of para-hydroxylation sites is 1. The van der Waals surface area contributed by atoms with Crippen molar-refractivity contribution in [2.24, 2.45) is 11.7 Å². The summed E-state index contributed by atoms with van der Waals surface area (Å²) in [5.74, 6) is -0.0556. The SMILES string of the molecule is Cc1cc(NC(=O)[C@@H](N)C(C)C)c2ccccc2n1. The zero-order valence-electron chi connectivity index (χ0n) is 11.5. The van der Waals surface area contributed by atoms with Gasteiger partial charge in [0.15, 0.2) is 0 Å². The van der Waals surface area contributed by atoms with E-state index in [1.165, 1.54) is 0 Å².